The summed E-state index contributed by atoms with van der Waals surface area (Å²) in [6.45, 7) is 4.18. The van der Waals surface area contributed by atoms with Crippen molar-refractivity contribution in [1.82, 2.24) is 9.97 Å². The second-order valence-electron chi connectivity index (χ2n) is 4.48. The van der Waals surface area contributed by atoms with Crippen molar-refractivity contribution in [3.05, 3.63) is 41.5 Å². The molecule has 0 unspecified atom stereocenters. The monoisotopic (exact) mass is 238 g/mol. The van der Waals surface area contributed by atoms with E-state index in [1.54, 1.807) is 7.11 Å². The smallest absolute Gasteiger partial charge is 0.146 e. The lowest BCUT2D eigenvalue weighted by molar-refractivity contribution is 0.419. The Bertz CT molecular complexity index is 750. The van der Waals surface area contributed by atoms with Crippen molar-refractivity contribution in [2.24, 2.45) is 0 Å². The quantitative estimate of drug-likeness (QED) is 0.609. The third-order valence-corrected chi connectivity index (χ3v) is 3.26. The summed E-state index contributed by atoms with van der Waals surface area (Å²) < 4.78 is 5.33. The van der Waals surface area contributed by atoms with Crippen molar-refractivity contribution in [2.75, 3.05) is 7.11 Å². The first-order chi connectivity index (χ1) is 8.69. The Morgan fingerprint density at radius 1 is 0.889 bits per heavy atom. The largest absolute Gasteiger partial charge is 0.494 e. The van der Waals surface area contributed by atoms with E-state index < -0.39 is 0 Å². The number of methoxy groups -OCH3 is 1. The number of fused-ring (bicyclic) bond motifs is 2. The number of nitrogens with zero attached hydrogens (tertiary/aromatic N) is 2. The minimum absolute atomic E-state index is 0.764. The Morgan fingerprint density at radius 3 is 2.22 bits per heavy atom. The van der Waals surface area contributed by atoms with E-state index in [2.05, 4.69) is 35.9 Å². The summed E-state index contributed by atoms with van der Waals surface area (Å²) in [6, 6.07) is 9.95. The molecule has 0 atom stereocenters. The zero-order valence-corrected chi connectivity index (χ0v) is 10.7. The number of aryl methyl sites for hydroxylation is 2. The van der Waals surface area contributed by atoms with Gasteiger partial charge >= 0.3 is 0 Å². The second kappa shape index (κ2) is 3.95. The third-order valence-electron chi connectivity index (χ3n) is 3.26. The molecule has 0 N–H and O–H groups in total. The fourth-order valence-electron chi connectivity index (χ4n) is 2.09. The SMILES string of the molecule is COc1cccc2nc3cc(C)c(C)cc3nc12. The van der Waals surface area contributed by atoms with Crippen LogP contribution in [0.15, 0.2) is 30.3 Å². The minimum atomic E-state index is 0.764. The molecule has 0 radical (unpaired) electrons. The van der Waals surface area contributed by atoms with Crippen LogP contribution in [0.25, 0.3) is 22.1 Å². The molecule has 90 valence electrons. The van der Waals surface area contributed by atoms with Gasteiger partial charge in [0.2, 0.25) is 0 Å². The van der Waals surface area contributed by atoms with Gasteiger partial charge in [0.25, 0.3) is 0 Å². The van der Waals surface area contributed by atoms with E-state index in [0.29, 0.717) is 0 Å². The predicted molar refractivity (Wildman–Crippen MR) is 73.1 cm³/mol. The molecule has 0 aliphatic rings. The Kier molecular flexibility index (Phi) is 2.40. The standard InChI is InChI=1S/C15H14N2O/c1-9-7-12-13(8-10(9)2)17-15-11(16-12)5-4-6-14(15)18-3/h4-8H,1-3H3. The van der Waals surface area contributed by atoms with Crippen LogP contribution in [0.3, 0.4) is 0 Å². The van der Waals surface area contributed by atoms with Crippen LogP contribution in [0.2, 0.25) is 0 Å². The van der Waals surface area contributed by atoms with E-state index in [9.17, 15) is 0 Å². The molecule has 0 fully saturated rings. The maximum absolute atomic E-state index is 5.33. The Labute approximate surface area is 105 Å². The highest BCUT2D eigenvalue weighted by molar-refractivity contribution is 5.90. The lowest BCUT2D eigenvalue weighted by Crippen LogP contribution is -1.93. The fraction of sp³-hybridized carbons (Fsp3) is 0.200. The lowest BCUT2D eigenvalue weighted by Gasteiger charge is -2.07. The molecule has 3 aromatic rings. The average molecular weight is 238 g/mol. The zero-order chi connectivity index (χ0) is 12.7. The first kappa shape index (κ1) is 11.0. The topological polar surface area (TPSA) is 35.0 Å². The zero-order valence-electron chi connectivity index (χ0n) is 10.7. The highest BCUT2D eigenvalue weighted by atomic mass is 16.5. The number of aromatic nitrogens is 2. The maximum atomic E-state index is 5.33. The summed E-state index contributed by atoms with van der Waals surface area (Å²) in [5.74, 6) is 0.764. The summed E-state index contributed by atoms with van der Waals surface area (Å²) in [6.07, 6.45) is 0. The second-order valence-corrected chi connectivity index (χ2v) is 4.48. The van der Waals surface area contributed by atoms with Crippen LogP contribution in [0.5, 0.6) is 5.75 Å². The van der Waals surface area contributed by atoms with Crippen LogP contribution in [0.4, 0.5) is 0 Å². The van der Waals surface area contributed by atoms with Crippen molar-refractivity contribution >= 4 is 22.1 Å². The molecule has 0 saturated heterocycles. The molecule has 0 amide bonds. The van der Waals surface area contributed by atoms with E-state index in [1.807, 2.05) is 18.2 Å². The Hall–Kier alpha value is -2.16. The molecule has 0 spiro atoms. The van der Waals surface area contributed by atoms with Crippen molar-refractivity contribution in [2.45, 2.75) is 13.8 Å². The molecule has 3 nitrogen and oxygen atoms in total. The van der Waals surface area contributed by atoms with E-state index in [1.165, 1.54) is 11.1 Å². The highest BCUT2D eigenvalue weighted by Gasteiger charge is 2.07. The molecule has 18 heavy (non-hydrogen) atoms. The van der Waals surface area contributed by atoms with Gasteiger partial charge in [-0.1, -0.05) is 6.07 Å². The third kappa shape index (κ3) is 1.59. The van der Waals surface area contributed by atoms with Gasteiger partial charge in [-0.05, 0) is 49.2 Å². The molecule has 0 aliphatic carbocycles. The number of hydrogen-bond donors (Lipinski definition) is 0. The maximum Gasteiger partial charge on any atom is 0.146 e. The van der Waals surface area contributed by atoms with Crippen LogP contribution in [-0.4, -0.2) is 17.1 Å². The average Bonchev–Trinajstić information content (AvgIpc) is 2.37. The van der Waals surface area contributed by atoms with E-state index in [0.717, 1.165) is 27.8 Å². The first-order valence-corrected chi connectivity index (χ1v) is 5.91. The molecule has 0 bridgehead atoms. The van der Waals surface area contributed by atoms with E-state index in [-0.39, 0.29) is 0 Å². The molecular formula is C15H14N2O. The first-order valence-electron chi connectivity index (χ1n) is 5.91. The highest BCUT2D eigenvalue weighted by Crippen LogP contribution is 2.25. The Morgan fingerprint density at radius 2 is 1.56 bits per heavy atom. The van der Waals surface area contributed by atoms with Gasteiger partial charge in [-0.15, -0.1) is 0 Å². The summed E-state index contributed by atoms with van der Waals surface area (Å²) in [5, 5.41) is 0. The summed E-state index contributed by atoms with van der Waals surface area (Å²) in [7, 11) is 1.65. The molecule has 0 aliphatic heterocycles. The lowest BCUT2D eigenvalue weighted by atomic mass is 10.1. The van der Waals surface area contributed by atoms with Crippen molar-refractivity contribution in [3.63, 3.8) is 0 Å². The van der Waals surface area contributed by atoms with Crippen LogP contribution >= 0.6 is 0 Å². The van der Waals surface area contributed by atoms with Gasteiger partial charge in [0.05, 0.1) is 23.7 Å². The molecule has 3 rings (SSSR count). The summed E-state index contributed by atoms with van der Waals surface area (Å²) in [4.78, 5) is 9.31. The van der Waals surface area contributed by atoms with Gasteiger partial charge in [0.1, 0.15) is 11.3 Å². The number of hydrogen-bond acceptors (Lipinski definition) is 3. The molecule has 2 aromatic carbocycles. The van der Waals surface area contributed by atoms with Gasteiger partial charge in [-0.2, -0.15) is 0 Å². The molecule has 1 aromatic heterocycles. The predicted octanol–water partition coefficient (Wildman–Crippen LogP) is 3.41. The van der Waals surface area contributed by atoms with Crippen molar-refractivity contribution in [1.29, 1.82) is 0 Å². The van der Waals surface area contributed by atoms with Crippen molar-refractivity contribution in [3.8, 4) is 5.75 Å². The number of ether oxygens (including phenoxy) is 1. The van der Waals surface area contributed by atoms with Gasteiger partial charge in [-0.3, -0.25) is 0 Å². The summed E-state index contributed by atoms with van der Waals surface area (Å²) >= 11 is 0. The van der Waals surface area contributed by atoms with Crippen LogP contribution in [0, 0.1) is 13.8 Å². The van der Waals surface area contributed by atoms with Crippen LogP contribution in [0.1, 0.15) is 11.1 Å². The Balaban J connectivity index is 2.43. The van der Waals surface area contributed by atoms with Crippen LogP contribution < -0.4 is 4.74 Å². The van der Waals surface area contributed by atoms with Crippen LogP contribution in [-0.2, 0) is 0 Å². The van der Waals surface area contributed by atoms with E-state index in [4.69, 9.17) is 4.74 Å². The number of benzene rings is 2. The number of para-hydroxylation sites is 1. The van der Waals surface area contributed by atoms with Gasteiger partial charge < -0.3 is 4.74 Å². The van der Waals surface area contributed by atoms with Crippen molar-refractivity contribution < 1.29 is 4.74 Å². The summed E-state index contributed by atoms with van der Waals surface area (Å²) in [5.41, 5.74) is 5.99. The molecule has 0 saturated carbocycles. The van der Waals surface area contributed by atoms with E-state index >= 15 is 0 Å². The van der Waals surface area contributed by atoms with Gasteiger partial charge in [0.15, 0.2) is 0 Å². The molecular weight excluding hydrogens is 224 g/mol. The normalized spacial score (nSPS) is 11.1. The van der Waals surface area contributed by atoms with Gasteiger partial charge in [-0.25, -0.2) is 9.97 Å². The molecule has 3 heteroatoms. The number of rotatable bonds is 1. The minimum Gasteiger partial charge on any atom is -0.494 e. The fourth-order valence-corrected chi connectivity index (χ4v) is 2.09. The van der Waals surface area contributed by atoms with Gasteiger partial charge in [0, 0.05) is 0 Å². The molecule has 1 heterocycles.